The lowest BCUT2D eigenvalue weighted by atomic mass is 9.87. The summed E-state index contributed by atoms with van der Waals surface area (Å²) >= 11 is 0. The van der Waals surface area contributed by atoms with Crippen molar-refractivity contribution in [3.8, 4) is 11.3 Å². The zero-order valence-electron chi connectivity index (χ0n) is 17.1. The average Bonchev–Trinajstić information content (AvgIpc) is 3.35. The van der Waals surface area contributed by atoms with Crippen LogP contribution in [-0.4, -0.2) is 31.6 Å². The van der Waals surface area contributed by atoms with Gasteiger partial charge in [0.1, 0.15) is 11.4 Å². The second kappa shape index (κ2) is 8.02. The van der Waals surface area contributed by atoms with Crippen LogP contribution in [0.1, 0.15) is 37.6 Å². The molecule has 1 unspecified atom stereocenters. The van der Waals surface area contributed by atoms with Gasteiger partial charge in [-0.25, -0.2) is 9.78 Å². The number of primary amides is 1. The summed E-state index contributed by atoms with van der Waals surface area (Å²) in [6.07, 6.45) is 7.95. The number of hydrogen-bond acceptors (Lipinski definition) is 4. The van der Waals surface area contributed by atoms with Crippen molar-refractivity contribution in [2.24, 2.45) is 5.73 Å². The zero-order valence-corrected chi connectivity index (χ0v) is 17.1. The molecule has 1 atom stereocenters. The van der Waals surface area contributed by atoms with E-state index in [0.717, 1.165) is 29.0 Å². The number of carbonyl (C=O) groups excluding carboxylic acids is 1. The van der Waals surface area contributed by atoms with Gasteiger partial charge in [0.2, 0.25) is 0 Å². The van der Waals surface area contributed by atoms with E-state index in [2.05, 4.69) is 27.1 Å². The predicted molar refractivity (Wildman–Crippen MR) is 116 cm³/mol. The van der Waals surface area contributed by atoms with Crippen molar-refractivity contribution in [2.75, 3.05) is 0 Å². The molecular formula is C23H25N5O2. The van der Waals surface area contributed by atoms with E-state index in [-0.39, 0.29) is 5.92 Å². The van der Waals surface area contributed by atoms with Crippen molar-refractivity contribution in [1.29, 1.82) is 0 Å². The monoisotopic (exact) mass is 403 g/mol. The number of pyridine rings is 1. The Morgan fingerprint density at radius 1 is 1.13 bits per heavy atom. The van der Waals surface area contributed by atoms with Gasteiger partial charge in [-0.05, 0) is 50.5 Å². The van der Waals surface area contributed by atoms with E-state index in [1.807, 2.05) is 50.5 Å². The third kappa shape index (κ3) is 4.35. The van der Waals surface area contributed by atoms with Crippen LogP contribution in [0.15, 0.2) is 61.2 Å². The maximum absolute atomic E-state index is 11.4. The Balaban J connectivity index is 1.67. The van der Waals surface area contributed by atoms with Gasteiger partial charge in [-0.2, -0.15) is 0 Å². The Kier molecular flexibility index (Phi) is 5.27. The molecule has 1 aromatic carbocycles. The van der Waals surface area contributed by atoms with Gasteiger partial charge in [-0.3, -0.25) is 4.98 Å². The lowest BCUT2D eigenvalue weighted by Crippen LogP contribution is -2.33. The molecule has 0 radical (unpaired) electrons. The van der Waals surface area contributed by atoms with Crippen LogP contribution in [0.3, 0.4) is 0 Å². The van der Waals surface area contributed by atoms with Crippen LogP contribution in [0, 0.1) is 0 Å². The van der Waals surface area contributed by atoms with Crippen molar-refractivity contribution in [3.63, 3.8) is 0 Å². The third-order valence-corrected chi connectivity index (χ3v) is 5.22. The second-order valence-electron chi connectivity index (χ2n) is 8.05. The highest BCUT2D eigenvalue weighted by molar-refractivity contribution is 5.83. The van der Waals surface area contributed by atoms with Crippen molar-refractivity contribution in [1.82, 2.24) is 19.9 Å². The molecule has 0 aliphatic heterocycles. The Morgan fingerprint density at radius 3 is 2.67 bits per heavy atom. The molecule has 0 aliphatic carbocycles. The first-order valence-corrected chi connectivity index (χ1v) is 9.90. The van der Waals surface area contributed by atoms with Gasteiger partial charge in [0.25, 0.3) is 0 Å². The fourth-order valence-electron chi connectivity index (χ4n) is 3.96. The fraction of sp³-hybridized carbons (Fsp3) is 0.261. The molecule has 3 heterocycles. The number of nitrogens with one attached hydrogen (secondary N) is 2. The summed E-state index contributed by atoms with van der Waals surface area (Å²) in [6, 6.07) is 12.1. The summed E-state index contributed by atoms with van der Waals surface area (Å²) < 4.78 is 5.37. The Bertz CT molecular complexity index is 1150. The Hall–Kier alpha value is -3.61. The van der Waals surface area contributed by atoms with Crippen LogP contribution in [0.5, 0.6) is 0 Å². The number of amides is 1. The van der Waals surface area contributed by atoms with E-state index in [0.29, 0.717) is 6.42 Å². The van der Waals surface area contributed by atoms with Gasteiger partial charge in [-0.1, -0.05) is 18.2 Å². The second-order valence-corrected chi connectivity index (χ2v) is 8.05. The molecular weight excluding hydrogens is 378 g/mol. The number of nitrogens with two attached hydrogens (primary N) is 1. The number of H-pyrrole nitrogens is 2. The van der Waals surface area contributed by atoms with Gasteiger partial charge >= 0.3 is 6.09 Å². The number of fused-ring (bicyclic) bond motifs is 1. The van der Waals surface area contributed by atoms with Gasteiger partial charge < -0.3 is 20.4 Å². The topological polar surface area (TPSA) is 110 Å². The number of benzene rings is 1. The first kappa shape index (κ1) is 19.7. The van der Waals surface area contributed by atoms with E-state index in [4.69, 9.17) is 15.5 Å². The van der Waals surface area contributed by atoms with Crippen LogP contribution in [-0.2, 0) is 11.2 Å². The highest BCUT2D eigenvalue weighted by Gasteiger charge is 2.30. The number of imidazole rings is 1. The normalized spacial score (nSPS) is 12.7. The number of carbonyl (C=O) groups is 1. The van der Waals surface area contributed by atoms with Crippen molar-refractivity contribution >= 4 is 17.0 Å². The van der Waals surface area contributed by atoms with Crippen molar-refractivity contribution < 1.29 is 9.53 Å². The summed E-state index contributed by atoms with van der Waals surface area (Å²) in [5, 5.41) is 1.18. The van der Waals surface area contributed by atoms with Crippen LogP contribution < -0.4 is 5.73 Å². The molecule has 0 fully saturated rings. The molecule has 0 bridgehead atoms. The number of hydrogen-bond donors (Lipinski definition) is 3. The van der Waals surface area contributed by atoms with Gasteiger partial charge in [-0.15, -0.1) is 0 Å². The number of para-hydroxylation sites is 1. The number of rotatable bonds is 7. The average molecular weight is 403 g/mol. The molecule has 0 spiro atoms. The molecule has 7 heteroatoms. The van der Waals surface area contributed by atoms with Crippen LogP contribution in [0.25, 0.3) is 22.2 Å². The minimum atomic E-state index is -0.775. The minimum absolute atomic E-state index is 0.00542. The molecule has 7 nitrogen and oxygen atoms in total. The smallest absolute Gasteiger partial charge is 0.405 e. The maximum Gasteiger partial charge on any atom is 0.405 e. The van der Waals surface area contributed by atoms with Gasteiger partial charge in [0.05, 0.1) is 5.69 Å². The molecule has 4 aromatic rings. The largest absolute Gasteiger partial charge is 0.444 e. The first-order valence-electron chi connectivity index (χ1n) is 9.90. The summed E-state index contributed by atoms with van der Waals surface area (Å²) in [6.45, 7) is 3.74. The summed E-state index contributed by atoms with van der Waals surface area (Å²) in [4.78, 5) is 26.9. The molecule has 0 saturated carbocycles. The van der Waals surface area contributed by atoms with Crippen molar-refractivity contribution in [3.05, 3.63) is 72.6 Å². The van der Waals surface area contributed by atoms with Crippen LogP contribution >= 0.6 is 0 Å². The summed E-state index contributed by atoms with van der Waals surface area (Å²) in [7, 11) is 0. The quantitative estimate of drug-likeness (QED) is 0.421. The molecule has 0 aliphatic rings. The highest BCUT2D eigenvalue weighted by atomic mass is 16.6. The van der Waals surface area contributed by atoms with E-state index in [9.17, 15) is 4.79 Å². The van der Waals surface area contributed by atoms with Gasteiger partial charge in [0, 0.05) is 47.2 Å². The lowest BCUT2D eigenvalue weighted by molar-refractivity contribution is 0.0331. The van der Waals surface area contributed by atoms with E-state index in [1.54, 1.807) is 12.4 Å². The molecule has 154 valence electrons. The fourth-order valence-corrected chi connectivity index (χ4v) is 3.96. The van der Waals surface area contributed by atoms with Crippen LogP contribution in [0.2, 0.25) is 0 Å². The number of aromatic nitrogens is 4. The highest BCUT2D eigenvalue weighted by Crippen LogP contribution is 2.33. The van der Waals surface area contributed by atoms with Gasteiger partial charge in [0.15, 0.2) is 0 Å². The number of aromatic amines is 2. The predicted octanol–water partition coefficient (Wildman–Crippen LogP) is 4.54. The first-order chi connectivity index (χ1) is 14.4. The van der Waals surface area contributed by atoms with E-state index in [1.165, 1.54) is 10.9 Å². The Morgan fingerprint density at radius 2 is 1.90 bits per heavy atom. The molecule has 4 rings (SSSR count). The SMILES string of the molecule is CC(C)(CC(Cc1c[nH]c2ccccc12)c1nc(-c2ccncc2)c[nH]1)OC(N)=O. The number of nitrogens with zero attached hydrogens (tertiary/aromatic N) is 2. The van der Waals surface area contributed by atoms with E-state index >= 15 is 0 Å². The Labute approximate surface area is 174 Å². The molecule has 0 saturated heterocycles. The standard InChI is InChI=1S/C23H25N5O2/c1-23(2,30-22(24)29)12-16(11-17-13-26-19-6-4-3-5-18(17)19)21-27-14-20(28-21)15-7-9-25-10-8-15/h3-10,13-14,16,26H,11-12H2,1-2H3,(H2,24,29)(H,27,28). The van der Waals surface area contributed by atoms with Crippen molar-refractivity contribution in [2.45, 2.75) is 38.2 Å². The minimum Gasteiger partial charge on any atom is -0.444 e. The summed E-state index contributed by atoms with van der Waals surface area (Å²) in [5.41, 5.74) is 8.68. The number of ether oxygens (including phenoxy) is 1. The maximum atomic E-state index is 11.4. The molecule has 4 N–H and O–H groups in total. The van der Waals surface area contributed by atoms with Crippen LogP contribution in [0.4, 0.5) is 4.79 Å². The lowest BCUT2D eigenvalue weighted by Gasteiger charge is -2.28. The third-order valence-electron chi connectivity index (χ3n) is 5.22. The molecule has 1 amide bonds. The summed E-state index contributed by atoms with van der Waals surface area (Å²) in [5.74, 6) is 0.836. The molecule has 3 aromatic heterocycles. The van der Waals surface area contributed by atoms with E-state index < -0.39 is 11.7 Å². The zero-order chi connectivity index (χ0) is 21.1. The molecule has 30 heavy (non-hydrogen) atoms.